The highest BCUT2D eigenvalue weighted by molar-refractivity contribution is 7.19. The number of ether oxygens (including phenoxy) is 2. The first-order valence-electron chi connectivity index (χ1n) is 9.77. The van der Waals surface area contributed by atoms with Crippen molar-refractivity contribution in [3.8, 4) is 21.9 Å². The van der Waals surface area contributed by atoms with Crippen molar-refractivity contribution in [1.82, 2.24) is 14.9 Å². The Morgan fingerprint density at radius 3 is 2.90 bits per heavy atom. The van der Waals surface area contributed by atoms with Crippen LogP contribution in [0.15, 0.2) is 52.9 Å². The Labute approximate surface area is 185 Å². The highest BCUT2D eigenvalue weighted by Gasteiger charge is 2.21. The molecular formula is C22H19N3O4S2. The van der Waals surface area contributed by atoms with Crippen molar-refractivity contribution < 1.29 is 14.3 Å². The molecule has 0 saturated carbocycles. The second-order valence-electron chi connectivity index (χ2n) is 7.22. The smallest absolute Gasteiger partial charge is 0.263 e. The number of nitrogens with zero attached hydrogens (tertiary/aromatic N) is 2. The van der Waals surface area contributed by atoms with E-state index in [0.29, 0.717) is 28.3 Å². The van der Waals surface area contributed by atoms with Crippen LogP contribution < -0.4 is 20.3 Å². The maximum atomic E-state index is 13.1. The minimum absolute atomic E-state index is 0.106. The molecule has 4 aromatic rings. The normalized spacial score (nSPS) is 15.2. The fourth-order valence-electron chi connectivity index (χ4n) is 3.44. The second-order valence-corrected chi connectivity index (χ2v) is 9.37. The van der Waals surface area contributed by atoms with Gasteiger partial charge in [0.15, 0.2) is 11.5 Å². The number of aryl methyl sites for hydroxylation is 1. The van der Waals surface area contributed by atoms with Crippen molar-refractivity contribution in [2.45, 2.75) is 19.6 Å². The Hall–Kier alpha value is -3.17. The molecule has 1 aliphatic rings. The third-order valence-corrected chi connectivity index (χ3v) is 6.90. The molecule has 1 unspecified atom stereocenters. The summed E-state index contributed by atoms with van der Waals surface area (Å²) in [6, 6.07) is 11.5. The topological polar surface area (TPSA) is 82.5 Å². The highest BCUT2D eigenvalue weighted by atomic mass is 32.1. The lowest BCUT2D eigenvalue weighted by atomic mass is 10.2. The quantitative estimate of drug-likeness (QED) is 0.501. The molecular weight excluding hydrogens is 434 g/mol. The molecule has 3 aromatic heterocycles. The van der Waals surface area contributed by atoms with Crippen molar-refractivity contribution in [2.24, 2.45) is 0 Å². The van der Waals surface area contributed by atoms with Crippen molar-refractivity contribution in [3.63, 3.8) is 0 Å². The SMILES string of the molecule is Cc1ccc(-c2csc3ncn(CC(=O)NCC4COc5ccccc5O4)c(=O)c23)s1. The summed E-state index contributed by atoms with van der Waals surface area (Å²) in [7, 11) is 0. The average Bonchev–Trinajstić information content (AvgIpc) is 3.40. The Morgan fingerprint density at radius 2 is 2.10 bits per heavy atom. The van der Waals surface area contributed by atoms with Crippen LogP contribution in [0.4, 0.5) is 0 Å². The largest absolute Gasteiger partial charge is 0.486 e. The van der Waals surface area contributed by atoms with Gasteiger partial charge in [0.2, 0.25) is 5.91 Å². The van der Waals surface area contributed by atoms with E-state index in [2.05, 4.69) is 10.3 Å². The van der Waals surface area contributed by atoms with Crippen LogP contribution in [0.2, 0.25) is 0 Å². The van der Waals surface area contributed by atoms with Crippen LogP contribution in [0.3, 0.4) is 0 Å². The number of nitrogens with one attached hydrogen (secondary N) is 1. The molecule has 0 saturated heterocycles. The Morgan fingerprint density at radius 1 is 1.26 bits per heavy atom. The maximum absolute atomic E-state index is 13.1. The number of rotatable bonds is 5. The molecule has 1 aromatic carbocycles. The zero-order valence-corrected chi connectivity index (χ0v) is 18.3. The number of thiophene rings is 2. The summed E-state index contributed by atoms with van der Waals surface area (Å²) in [5.74, 6) is 1.07. The third kappa shape index (κ3) is 3.94. The number of benzene rings is 1. The third-order valence-electron chi connectivity index (χ3n) is 4.97. The van der Waals surface area contributed by atoms with Gasteiger partial charge in [0.05, 0.1) is 18.3 Å². The Bertz CT molecular complexity index is 1320. The van der Waals surface area contributed by atoms with Crippen LogP contribution in [0.1, 0.15) is 4.88 Å². The molecule has 0 spiro atoms. The van der Waals surface area contributed by atoms with Gasteiger partial charge in [-0.1, -0.05) is 12.1 Å². The van der Waals surface area contributed by atoms with E-state index >= 15 is 0 Å². The molecule has 0 radical (unpaired) electrons. The van der Waals surface area contributed by atoms with Crippen molar-refractivity contribution in [3.05, 3.63) is 63.3 Å². The summed E-state index contributed by atoms with van der Waals surface area (Å²) in [6.07, 6.45) is 1.14. The molecule has 1 aliphatic heterocycles. The van der Waals surface area contributed by atoms with Gasteiger partial charge in [-0.25, -0.2) is 4.98 Å². The number of hydrogen-bond acceptors (Lipinski definition) is 7. The number of carbonyl (C=O) groups is 1. The van der Waals surface area contributed by atoms with E-state index in [1.807, 2.05) is 48.7 Å². The van der Waals surface area contributed by atoms with Gasteiger partial charge < -0.3 is 14.8 Å². The average molecular weight is 454 g/mol. The van der Waals surface area contributed by atoms with E-state index in [1.54, 1.807) is 11.3 Å². The van der Waals surface area contributed by atoms with E-state index in [4.69, 9.17) is 9.47 Å². The molecule has 9 heteroatoms. The fraction of sp³-hybridized carbons (Fsp3) is 0.227. The minimum atomic E-state index is -0.290. The summed E-state index contributed by atoms with van der Waals surface area (Å²) >= 11 is 3.07. The lowest BCUT2D eigenvalue weighted by Gasteiger charge is -2.26. The van der Waals surface area contributed by atoms with Gasteiger partial charge in [-0.15, -0.1) is 22.7 Å². The first-order valence-corrected chi connectivity index (χ1v) is 11.5. The van der Waals surface area contributed by atoms with Crippen LogP contribution >= 0.6 is 22.7 Å². The summed E-state index contributed by atoms with van der Waals surface area (Å²) in [6.45, 7) is 2.56. The van der Waals surface area contributed by atoms with Gasteiger partial charge in [0.25, 0.3) is 5.56 Å². The number of amides is 1. The van der Waals surface area contributed by atoms with Crippen LogP contribution in [0.25, 0.3) is 20.7 Å². The van der Waals surface area contributed by atoms with E-state index in [1.165, 1.54) is 27.1 Å². The predicted molar refractivity (Wildman–Crippen MR) is 121 cm³/mol. The van der Waals surface area contributed by atoms with E-state index in [0.717, 1.165) is 10.4 Å². The monoisotopic (exact) mass is 453 g/mol. The summed E-state index contributed by atoms with van der Waals surface area (Å²) in [5, 5.41) is 5.33. The van der Waals surface area contributed by atoms with Gasteiger partial charge in [0.1, 0.15) is 24.1 Å². The van der Waals surface area contributed by atoms with E-state index in [9.17, 15) is 9.59 Å². The fourth-order valence-corrected chi connectivity index (χ4v) is 5.30. The summed E-state index contributed by atoms with van der Waals surface area (Å²) in [5.41, 5.74) is 0.658. The molecule has 31 heavy (non-hydrogen) atoms. The lowest BCUT2D eigenvalue weighted by molar-refractivity contribution is -0.122. The van der Waals surface area contributed by atoms with Crippen LogP contribution in [-0.2, 0) is 11.3 Å². The molecule has 7 nitrogen and oxygen atoms in total. The molecule has 158 valence electrons. The number of para-hydroxylation sites is 2. The number of hydrogen-bond donors (Lipinski definition) is 1. The molecule has 1 amide bonds. The Balaban J connectivity index is 1.29. The van der Waals surface area contributed by atoms with Gasteiger partial charge in [-0.05, 0) is 31.2 Å². The summed E-state index contributed by atoms with van der Waals surface area (Å²) in [4.78, 5) is 32.8. The second kappa shape index (κ2) is 8.16. The molecule has 5 rings (SSSR count). The lowest BCUT2D eigenvalue weighted by Crippen LogP contribution is -2.42. The van der Waals surface area contributed by atoms with Gasteiger partial charge >= 0.3 is 0 Å². The highest BCUT2D eigenvalue weighted by Crippen LogP contribution is 2.35. The van der Waals surface area contributed by atoms with E-state index in [-0.39, 0.29) is 30.7 Å². The summed E-state index contributed by atoms with van der Waals surface area (Å²) < 4.78 is 12.9. The van der Waals surface area contributed by atoms with E-state index < -0.39 is 0 Å². The Kier molecular flexibility index (Phi) is 5.21. The van der Waals surface area contributed by atoms with Crippen molar-refractivity contribution >= 4 is 38.8 Å². The first-order chi connectivity index (χ1) is 15.1. The van der Waals surface area contributed by atoms with Crippen LogP contribution in [0, 0.1) is 6.92 Å². The number of carbonyl (C=O) groups excluding carboxylic acids is 1. The molecule has 4 heterocycles. The maximum Gasteiger partial charge on any atom is 0.263 e. The van der Waals surface area contributed by atoms with Crippen molar-refractivity contribution in [1.29, 1.82) is 0 Å². The van der Waals surface area contributed by atoms with Gasteiger partial charge in [-0.3, -0.25) is 14.2 Å². The molecule has 0 bridgehead atoms. The van der Waals surface area contributed by atoms with Crippen LogP contribution in [0.5, 0.6) is 11.5 Å². The standard InChI is InChI=1S/C22H19N3O4S2/c1-13-6-7-18(31-13)15-11-30-21-20(15)22(27)25(12-24-21)9-19(26)23-8-14-10-28-16-4-2-3-5-17(16)29-14/h2-7,11-12,14H,8-10H2,1H3,(H,23,26). The molecule has 1 atom stereocenters. The zero-order valence-electron chi connectivity index (χ0n) is 16.7. The number of fused-ring (bicyclic) bond motifs is 2. The molecule has 0 aliphatic carbocycles. The zero-order chi connectivity index (χ0) is 21.4. The van der Waals surface area contributed by atoms with Crippen LogP contribution in [-0.4, -0.2) is 34.7 Å². The van der Waals surface area contributed by atoms with Crippen molar-refractivity contribution in [2.75, 3.05) is 13.2 Å². The molecule has 0 fully saturated rings. The van der Waals surface area contributed by atoms with Gasteiger partial charge in [-0.2, -0.15) is 0 Å². The van der Waals surface area contributed by atoms with Gasteiger partial charge in [0, 0.05) is 20.7 Å². The molecule has 1 N–H and O–H groups in total. The minimum Gasteiger partial charge on any atom is -0.486 e. The predicted octanol–water partition coefficient (Wildman–Crippen LogP) is 3.45. The number of aromatic nitrogens is 2. The first kappa shape index (κ1) is 19.8.